The van der Waals surface area contributed by atoms with E-state index in [2.05, 4.69) is 16.0 Å². The summed E-state index contributed by atoms with van der Waals surface area (Å²) in [5, 5.41) is 9.83. The molecule has 33 heavy (non-hydrogen) atoms. The first-order valence-corrected chi connectivity index (χ1v) is 13.2. The van der Waals surface area contributed by atoms with Gasteiger partial charge in [-0.2, -0.15) is 0 Å². The number of fused-ring (bicyclic) bond motifs is 1. The number of hydrogen-bond donors (Lipinski definition) is 3. The van der Waals surface area contributed by atoms with Gasteiger partial charge in [-0.15, -0.1) is 0 Å². The lowest BCUT2D eigenvalue weighted by molar-refractivity contribution is -0.123. The Morgan fingerprint density at radius 2 is 1.97 bits per heavy atom. The average molecular weight is 472 g/mol. The van der Waals surface area contributed by atoms with Crippen LogP contribution in [0.5, 0.6) is 5.75 Å². The fraction of sp³-hybridized carbons (Fsp3) is 0.480. The van der Waals surface area contributed by atoms with Crippen LogP contribution in [-0.4, -0.2) is 46.1 Å². The van der Waals surface area contributed by atoms with Gasteiger partial charge in [0.25, 0.3) is 0 Å². The lowest BCUT2D eigenvalue weighted by Crippen LogP contribution is -2.45. The molecule has 2 aliphatic rings. The largest absolute Gasteiger partial charge is 0.494 e. The minimum atomic E-state index is -3.64. The second-order valence-corrected chi connectivity index (χ2v) is 10.9. The Morgan fingerprint density at radius 3 is 2.67 bits per heavy atom. The number of nitrogens with one attached hydrogen (secondary N) is 3. The summed E-state index contributed by atoms with van der Waals surface area (Å²) in [6.07, 6.45) is 2.79. The molecule has 2 aromatic rings. The smallest absolute Gasteiger partial charge is 0.237 e. The van der Waals surface area contributed by atoms with Crippen LogP contribution in [-0.2, 0) is 21.2 Å². The molecule has 7 nitrogen and oxygen atoms in total. The van der Waals surface area contributed by atoms with Crippen molar-refractivity contribution in [3.63, 3.8) is 0 Å². The highest BCUT2D eigenvalue weighted by Crippen LogP contribution is 2.28. The van der Waals surface area contributed by atoms with Gasteiger partial charge in [-0.1, -0.05) is 19.1 Å². The molecule has 8 heteroatoms. The first kappa shape index (κ1) is 23.7. The van der Waals surface area contributed by atoms with Crippen molar-refractivity contribution >= 4 is 15.7 Å². The zero-order chi connectivity index (χ0) is 23.4. The van der Waals surface area contributed by atoms with E-state index in [-0.39, 0.29) is 21.7 Å². The van der Waals surface area contributed by atoms with Crippen molar-refractivity contribution in [2.45, 2.75) is 61.5 Å². The first-order chi connectivity index (χ1) is 15.9. The molecule has 0 aromatic heterocycles. The molecule has 0 spiro atoms. The number of rotatable bonds is 8. The molecule has 4 rings (SSSR count). The highest BCUT2D eigenvalue weighted by Gasteiger charge is 2.38. The highest BCUT2D eigenvalue weighted by molar-refractivity contribution is 7.91. The maximum absolute atomic E-state index is 13.1. The molecule has 2 aliphatic heterocycles. The van der Waals surface area contributed by atoms with E-state index in [9.17, 15) is 13.2 Å². The molecule has 2 fully saturated rings. The number of carbonyl (C=O) groups excluding carboxylic acids is 1. The molecule has 0 saturated carbocycles. The van der Waals surface area contributed by atoms with Crippen molar-refractivity contribution in [2.75, 3.05) is 19.7 Å². The number of ether oxygens (including phenoxy) is 1. The zero-order valence-corrected chi connectivity index (χ0v) is 20.1. The summed E-state index contributed by atoms with van der Waals surface area (Å²) < 4.78 is 31.9. The number of amides is 1. The van der Waals surface area contributed by atoms with Gasteiger partial charge in [0.15, 0.2) is 0 Å². The summed E-state index contributed by atoms with van der Waals surface area (Å²) >= 11 is 0. The molecule has 0 radical (unpaired) electrons. The summed E-state index contributed by atoms with van der Waals surface area (Å²) in [7, 11) is -3.64. The summed E-state index contributed by atoms with van der Waals surface area (Å²) in [5.74, 6) is 1.18. The third-order valence-corrected chi connectivity index (χ3v) is 8.42. The Bertz CT molecular complexity index is 1070. The SMILES string of the molecule is CCCOc1ccc(S(=O)(=O)c2ccc(CNC(=O)C3CC4CNCCC4N3)cc2)c(C)c1. The number of benzene rings is 2. The van der Waals surface area contributed by atoms with Gasteiger partial charge in [0, 0.05) is 12.6 Å². The van der Waals surface area contributed by atoms with Gasteiger partial charge in [0.2, 0.25) is 15.7 Å². The summed E-state index contributed by atoms with van der Waals surface area (Å²) in [6.45, 7) is 6.72. The van der Waals surface area contributed by atoms with Crippen LogP contribution in [0.25, 0.3) is 0 Å². The van der Waals surface area contributed by atoms with Crippen LogP contribution in [0.4, 0.5) is 0 Å². The van der Waals surface area contributed by atoms with Gasteiger partial charge in [0.1, 0.15) is 5.75 Å². The van der Waals surface area contributed by atoms with E-state index in [0.29, 0.717) is 36.4 Å². The predicted octanol–water partition coefficient (Wildman–Crippen LogP) is 2.57. The van der Waals surface area contributed by atoms with Crippen molar-refractivity contribution in [3.05, 3.63) is 53.6 Å². The highest BCUT2D eigenvalue weighted by atomic mass is 32.2. The van der Waals surface area contributed by atoms with Gasteiger partial charge in [-0.3, -0.25) is 4.79 Å². The number of sulfone groups is 1. The molecule has 2 saturated heterocycles. The van der Waals surface area contributed by atoms with E-state index in [1.807, 2.05) is 6.92 Å². The molecule has 0 bridgehead atoms. The van der Waals surface area contributed by atoms with Crippen LogP contribution in [0.2, 0.25) is 0 Å². The first-order valence-electron chi connectivity index (χ1n) is 11.7. The van der Waals surface area contributed by atoms with Gasteiger partial charge < -0.3 is 20.7 Å². The molecule has 3 atom stereocenters. The fourth-order valence-corrected chi connectivity index (χ4v) is 6.14. The van der Waals surface area contributed by atoms with Crippen molar-refractivity contribution in [1.29, 1.82) is 0 Å². The summed E-state index contributed by atoms with van der Waals surface area (Å²) in [4.78, 5) is 13.1. The monoisotopic (exact) mass is 471 g/mol. The van der Waals surface area contributed by atoms with Crippen LogP contribution in [0.15, 0.2) is 52.3 Å². The van der Waals surface area contributed by atoms with Crippen LogP contribution < -0.4 is 20.7 Å². The predicted molar refractivity (Wildman–Crippen MR) is 127 cm³/mol. The van der Waals surface area contributed by atoms with E-state index in [1.165, 1.54) is 0 Å². The Balaban J connectivity index is 1.37. The van der Waals surface area contributed by atoms with Crippen molar-refractivity contribution < 1.29 is 17.9 Å². The summed E-state index contributed by atoms with van der Waals surface area (Å²) in [6, 6.07) is 12.0. The van der Waals surface area contributed by atoms with E-state index in [4.69, 9.17) is 4.74 Å². The van der Waals surface area contributed by atoms with E-state index in [0.717, 1.165) is 37.9 Å². The second kappa shape index (κ2) is 10.2. The minimum Gasteiger partial charge on any atom is -0.494 e. The topological polar surface area (TPSA) is 96.5 Å². The Morgan fingerprint density at radius 1 is 1.18 bits per heavy atom. The lowest BCUT2D eigenvalue weighted by atomic mass is 9.94. The number of aryl methyl sites for hydroxylation is 1. The van der Waals surface area contributed by atoms with Crippen LogP contribution >= 0.6 is 0 Å². The molecule has 0 aliphatic carbocycles. The maximum Gasteiger partial charge on any atom is 0.237 e. The van der Waals surface area contributed by atoms with E-state index in [1.54, 1.807) is 49.4 Å². The molecular weight excluding hydrogens is 438 g/mol. The molecule has 2 heterocycles. The van der Waals surface area contributed by atoms with Gasteiger partial charge >= 0.3 is 0 Å². The second-order valence-electron chi connectivity index (χ2n) is 8.96. The van der Waals surface area contributed by atoms with Crippen LogP contribution in [0.3, 0.4) is 0 Å². The standard InChI is InChI=1S/C25H33N3O4S/c1-3-12-32-20-6-9-24(17(2)13-20)33(30,31)21-7-4-18(5-8-21)15-27-25(29)23-14-19-16-26-11-10-22(19)28-23/h4-9,13,19,22-23,26,28H,3,10-12,14-16H2,1-2H3,(H,27,29). The van der Waals surface area contributed by atoms with E-state index >= 15 is 0 Å². The third-order valence-electron chi connectivity index (χ3n) is 6.49. The maximum atomic E-state index is 13.1. The van der Waals surface area contributed by atoms with E-state index < -0.39 is 9.84 Å². The van der Waals surface area contributed by atoms with Gasteiger partial charge in [-0.05, 0) is 86.7 Å². The quantitative estimate of drug-likeness (QED) is 0.548. The van der Waals surface area contributed by atoms with Crippen molar-refractivity contribution in [1.82, 2.24) is 16.0 Å². The Labute approximate surface area is 196 Å². The van der Waals surface area contributed by atoms with Gasteiger partial charge in [-0.25, -0.2) is 8.42 Å². The minimum absolute atomic E-state index is 0.00195. The van der Waals surface area contributed by atoms with Crippen LogP contribution in [0.1, 0.15) is 37.3 Å². The molecule has 3 N–H and O–H groups in total. The number of hydrogen-bond acceptors (Lipinski definition) is 6. The molecular formula is C25H33N3O4S. The average Bonchev–Trinajstić information content (AvgIpc) is 3.26. The summed E-state index contributed by atoms with van der Waals surface area (Å²) in [5.41, 5.74) is 1.51. The van der Waals surface area contributed by atoms with Gasteiger partial charge in [0.05, 0.1) is 22.4 Å². The zero-order valence-electron chi connectivity index (χ0n) is 19.3. The molecule has 1 amide bonds. The number of piperidine rings is 1. The Hall–Kier alpha value is -2.42. The molecule has 2 aromatic carbocycles. The Kier molecular flexibility index (Phi) is 7.36. The van der Waals surface area contributed by atoms with Crippen molar-refractivity contribution in [3.8, 4) is 5.75 Å². The number of carbonyl (C=O) groups is 1. The lowest BCUT2D eigenvalue weighted by Gasteiger charge is -2.25. The van der Waals surface area contributed by atoms with Crippen LogP contribution in [0, 0.1) is 12.8 Å². The third kappa shape index (κ3) is 5.39. The molecule has 3 unspecified atom stereocenters. The normalized spacial score (nSPS) is 22.5. The fourth-order valence-electron chi connectivity index (χ4n) is 4.66. The molecule has 178 valence electrons. The van der Waals surface area contributed by atoms with Crippen molar-refractivity contribution in [2.24, 2.45) is 5.92 Å².